The van der Waals surface area contributed by atoms with Gasteiger partial charge in [-0.3, -0.25) is 9.59 Å². The summed E-state index contributed by atoms with van der Waals surface area (Å²) >= 11 is 5.92. The first-order valence-corrected chi connectivity index (χ1v) is 12.1. The molecule has 1 unspecified atom stereocenters. The van der Waals surface area contributed by atoms with Crippen molar-refractivity contribution in [1.82, 2.24) is 5.32 Å². The third-order valence-electron chi connectivity index (χ3n) is 5.97. The number of nitrogens with one attached hydrogen (secondary N) is 1. The number of sulfone groups is 1. The van der Waals surface area contributed by atoms with E-state index in [1.165, 1.54) is 4.90 Å². The molecule has 4 rings (SSSR count). The van der Waals surface area contributed by atoms with Gasteiger partial charge in [0.2, 0.25) is 5.91 Å². The molecular weight excluding hydrogens is 492 g/mol. The number of rotatable bonds is 4. The maximum atomic E-state index is 14.9. The summed E-state index contributed by atoms with van der Waals surface area (Å²) in [4.78, 5) is 26.6. The second-order valence-corrected chi connectivity index (χ2v) is 11.4. The monoisotopic (exact) mass is 515 g/mol. The lowest BCUT2D eigenvalue weighted by Crippen LogP contribution is -2.45. The molecule has 11 heteroatoms. The average Bonchev–Trinajstić information content (AvgIpc) is 3.32. The van der Waals surface area contributed by atoms with Gasteiger partial charge in [-0.15, -0.1) is 12.4 Å². The first-order chi connectivity index (χ1) is 14.9. The molecule has 1 aliphatic carbocycles. The zero-order chi connectivity index (χ0) is 23.4. The Morgan fingerprint density at radius 2 is 1.88 bits per heavy atom. The number of amides is 2. The van der Waals surface area contributed by atoms with Gasteiger partial charge in [0.1, 0.15) is 5.82 Å². The normalized spacial score (nSPS) is 22.6. The minimum absolute atomic E-state index is 0. The number of fused-ring (bicyclic) bond motifs is 1. The van der Waals surface area contributed by atoms with Crippen LogP contribution in [0.1, 0.15) is 36.2 Å². The fourth-order valence-electron chi connectivity index (χ4n) is 3.78. The lowest BCUT2D eigenvalue weighted by atomic mass is 10.1. The third kappa shape index (κ3) is 5.01. The van der Waals surface area contributed by atoms with Crippen molar-refractivity contribution in [3.05, 3.63) is 58.4 Å². The van der Waals surface area contributed by atoms with Crippen LogP contribution < -0.4 is 16.0 Å². The molecule has 7 nitrogen and oxygen atoms in total. The predicted octanol–water partition coefficient (Wildman–Crippen LogP) is 3.08. The van der Waals surface area contributed by atoms with E-state index in [2.05, 4.69) is 5.32 Å². The van der Waals surface area contributed by atoms with Gasteiger partial charge in [0.05, 0.1) is 34.5 Å². The summed E-state index contributed by atoms with van der Waals surface area (Å²) in [5.74, 6) is -2.93. The largest absolute Gasteiger partial charge is 0.349 e. The van der Waals surface area contributed by atoms with Crippen LogP contribution in [0.5, 0.6) is 0 Å². The first-order valence-electron chi connectivity index (χ1n) is 10.1. The lowest BCUT2D eigenvalue weighted by Gasteiger charge is -2.25. The molecule has 0 spiro atoms. The molecule has 0 aromatic heterocycles. The summed E-state index contributed by atoms with van der Waals surface area (Å²) in [6.07, 6.45) is 0.760. The molecule has 1 fully saturated rings. The Labute approximate surface area is 202 Å². The molecule has 1 heterocycles. The Balaban J connectivity index is 0.00000306. The van der Waals surface area contributed by atoms with Gasteiger partial charge >= 0.3 is 0 Å². The molecule has 0 saturated heterocycles. The molecule has 33 heavy (non-hydrogen) atoms. The van der Waals surface area contributed by atoms with Gasteiger partial charge in [-0.1, -0.05) is 37.6 Å². The number of benzene rings is 2. The smallest absolute Gasteiger partial charge is 0.254 e. The molecule has 0 bridgehead atoms. The van der Waals surface area contributed by atoms with Crippen LogP contribution in [0.25, 0.3) is 0 Å². The molecule has 3 N–H and O–H groups in total. The summed E-state index contributed by atoms with van der Waals surface area (Å²) in [7, 11) is -4.07. The van der Waals surface area contributed by atoms with Crippen LogP contribution in [0.15, 0.2) is 41.3 Å². The van der Waals surface area contributed by atoms with E-state index >= 15 is 0 Å². The Hall–Kier alpha value is -2.20. The van der Waals surface area contributed by atoms with E-state index in [-0.39, 0.29) is 46.6 Å². The number of halogens is 3. The minimum Gasteiger partial charge on any atom is -0.349 e. The maximum Gasteiger partial charge on any atom is 0.254 e. The molecule has 0 radical (unpaired) electrons. The number of hydrogen-bond donors (Lipinski definition) is 2. The van der Waals surface area contributed by atoms with Crippen molar-refractivity contribution in [2.45, 2.75) is 43.8 Å². The van der Waals surface area contributed by atoms with Crippen molar-refractivity contribution < 1.29 is 22.4 Å². The van der Waals surface area contributed by atoms with Gasteiger partial charge in [-0.05, 0) is 41.7 Å². The second-order valence-electron chi connectivity index (χ2n) is 8.96. The van der Waals surface area contributed by atoms with Crippen LogP contribution in [-0.2, 0) is 21.2 Å². The van der Waals surface area contributed by atoms with Crippen molar-refractivity contribution in [2.24, 2.45) is 11.1 Å². The van der Waals surface area contributed by atoms with Crippen LogP contribution >= 0.6 is 24.0 Å². The topological polar surface area (TPSA) is 110 Å². The fourth-order valence-corrected chi connectivity index (χ4v) is 5.47. The van der Waals surface area contributed by atoms with Gasteiger partial charge in [0.15, 0.2) is 9.84 Å². The molecule has 1 saturated carbocycles. The number of carbonyl (C=O) groups excluding carboxylic acids is 2. The van der Waals surface area contributed by atoms with Gasteiger partial charge in [0.25, 0.3) is 5.91 Å². The Bertz CT molecular complexity index is 1220. The van der Waals surface area contributed by atoms with Gasteiger partial charge in [-0.25, -0.2) is 12.8 Å². The number of nitrogens with two attached hydrogens (primary N) is 1. The van der Waals surface area contributed by atoms with E-state index in [1.807, 2.05) is 13.8 Å². The van der Waals surface area contributed by atoms with Crippen molar-refractivity contribution in [1.29, 1.82) is 0 Å². The quantitative estimate of drug-likeness (QED) is 0.649. The standard InChI is InChI=1S/C22H23ClFN3O4S.ClH/c1-22(2)9-19(22)26-20(28)14-7-17-18(8-15(14)24)32(30,31)11-16(25)21(29)27(17)10-12-3-5-13(23)6-4-12;/h3-8,16,19H,9-11,25H2,1-2H3,(H,26,28);1H/t16-,19?;/m0./s1. The van der Waals surface area contributed by atoms with Crippen LogP contribution in [0.2, 0.25) is 5.02 Å². The van der Waals surface area contributed by atoms with Crippen molar-refractivity contribution >= 4 is 51.3 Å². The molecule has 2 aromatic rings. The van der Waals surface area contributed by atoms with Crippen LogP contribution in [0, 0.1) is 11.2 Å². The second kappa shape index (κ2) is 8.87. The SMILES string of the molecule is CC1(C)CC1NC(=O)c1cc2c(cc1F)S(=O)(=O)C[C@H](N)C(=O)N2Cc1ccc(Cl)cc1.Cl. The summed E-state index contributed by atoms with van der Waals surface area (Å²) in [6, 6.07) is 7.15. The van der Waals surface area contributed by atoms with Crippen LogP contribution in [0.4, 0.5) is 10.1 Å². The Morgan fingerprint density at radius 1 is 1.27 bits per heavy atom. The summed E-state index contributed by atoms with van der Waals surface area (Å²) in [5, 5.41) is 3.26. The molecular formula is C22H24Cl2FN3O4S. The summed E-state index contributed by atoms with van der Waals surface area (Å²) in [6.45, 7) is 3.94. The zero-order valence-corrected chi connectivity index (χ0v) is 20.4. The van der Waals surface area contributed by atoms with E-state index in [9.17, 15) is 22.4 Å². The molecule has 178 valence electrons. The molecule has 1 aliphatic heterocycles. The van der Waals surface area contributed by atoms with E-state index in [0.717, 1.165) is 18.6 Å². The van der Waals surface area contributed by atoms with Gasteiger partial charge < -0.3 is 16.0 Å². The van der Waals surface area contributed by atoms with Gasteiger partial charge in [0, 0.05) is 11.1 Å². The van der Waals surface area contributed by atoms with Gasteiger partial charge in [-0.2, -0.15) is 0 Å². The van der Waals surface area contributed by atoms with E-state index < -0.39 is 39.3 Å². The number of hydrogen-bond acceptors (Lipinski definition) is 5. The van der Waals surface area contributed by atoms with Crippen molar-refractivity contribution in [3.63, 3.8) is 0 Å². The minimum atomic E-state index is -4.07. The first kappa shape index (κ1) is 25.4. The highest BCUT2D eigenvalue weighted by atomic mass is 35.5. The number of nitrogens with zero attached hydrogens (tertiary/aromatic N) is 1. The molecule has 2 aromatic carbocycles. The van der Waals surface area contributed by atoms with E-state index in [4.69, 9.17) is 17.3 Å². The predicted molar refractivity (Wildman–Crippen MR) is 126 cm³/mol. The highest BCUT2D eigenvalue weighted by Gasteiger charge is 2.47. The van der Waals surface area contributed by atoms with E-state index in [0.29, 0.717) is 10.6 Å². The summed E-state index contributed by atoms with van der Waals surface area (Å²) < 4.78 is 40.6. The van der Waals surface area contributed by atoms with Crippen LogP contribution in [0.3, 0.4) is 0 Å². The highest BCUT2D eigenvalue weighted by Crippen LogP contribution is 2.45. The Morgan fingerprint density at radius 3 is 2.45 bits per heavy atom. The number of anilines is 1. The maximum absolute atomic E-state index is 14.9. The summed E-state index contributed by atoms with van der Waals surface area (Å²) in [5.41, 5.74) is 6.06. The average molecular weight is 516 g/mol. The molecule has 2 atom stereocenters. The van der Waals surface area contributed by atoms with E-state index in [1.54, 1.807) is 24.3 Å². The Kier molecular flexibility index (Phi) is 6.83. The molecule has 2 aliphatic rings. The van der Waals surface area contributed by atoms with Crippen molar-refractivity contribution in [3.8, 4) is 0 Å². The zero-order valence-electron chi connectivity index (χ0n) is 18.0. The highest BCUT2D eigenvalue weighted by molar-refractivity contribution is 7.91. The van der Waals surface area contributed by atoms with Crippen LogP contribution in [-0.4, -0.2) is 38.1 Å². The van der Waals surface area contributed by atoms with Crippen molar-refractivity contribution in [2.75, 3.05) is 10.7 Å². The molecule has 2 amide bonds. The number of carbonyl (C=O) groups is 2. The fraction of sp³-hybridized carbons (Fsp3) is 0.364. The lowest BCUT2D eigenvalue weighted by molar-refractivity contribution is -0.119. The third-order valence-corrected chi connectivity index (χ3v) is 8.02.